The highest BCUT2D eigenvalue weighted by Gasteiger charge is 2.49. The van der Waals surface area contributed by atoms with Crippen molar-refractivity contribution in [1.29, 1.82) is 0 Å². The standard InChI is InChI=1S/C18H34N2O2SSi/c1-5-10-18(14-19)15-20(13-16-8-6-7-9-17(16)18)23(21,22)11-12-24(2,3)4/h5-7,16-17H,1,8-15,19H2,2-4H3/t16-,17-,18+/m1/s1. The number of hydrogen-bond acceptors (Lipinski definition) is 3. The van der Waals surface area contributed by atoms with Crippen molar-refractivity contribution in [3.05, 3.63) is 24.8 Å². The molecule has 1 saturated heterocycles. The van der Waals surface area contributed by atoms with Gasteiger partial charge in [-0.05, 0) is 43.7 Å². The van der Waals surface area contributed by atoms with E-state index in [2.05, 4.69) is 38.4 Å². The van der Waals surface area contributed by atoms with E-state index in [0.717, 1.165) is 25.3 Å². The van der Waals surface area contributed by atoms with Gasteiger partial charge in [0.15, 0.2) is 0 Å². The highest BCUT2D eigenvalue weighted by Crippen LogP contribution is 2.47. The Morgan fingerprint density at radius 1 is 1.33 bits per heavy atom. The average Bonchev–Trinajstić information content (AvgIpc) is 2.52. The fourth-order valence-corrected chi connectivity index (χ4v) is 8.81. The van der Waals surface area contributed by atoms with E-state index >= 15 is 0 Å². The van der Waals surface area contributed by atoms with Crippen molar-refractivity contribution in [2.24, 2.45) is 23.0 Å². The Labute approximate surface area is 149 Å². The molecule has 2 N–H and O–H groups in total. The third-order valence-corrected chi connectivity index (χ3v) is 9.64. The van der Waals surface area contributed by atoms with Gasteiger partial charge < -0.3 is 5.73 Å². The smallest absolute Gasteiger partial charge is 0.213 e. The Kier molecular flexibility index (Phi) is 6.16. The zero-order chi connectivity index (χ0) is 18.0. The Balaban J connectivity index is 2.26. The second-order valence-electron chi connectivity index (χ2n) is 8.79. The number of piperidine rings is 1. The summed E-state index contributed by atoms with van der Waals surface area (Å²) >= 11 is 0. The van der Waals surface area contributed by atoms with Crippen molar-refractivity contribution in [1.82, 2.24) is 4.31 Å². The maximum Gasteiger partial charge on any atom is 0.213 e. The summed E-state index contributed by atoms with van der Waals surface area (Å²) in [6.45, 7) is 12.3. The van der Waals surface area contributed by atoms with Gasteiger partial charge in [-0.15, -0.1) is 6.58 Å². The van der Waals surface area contributed by atoms with Crippen molar-refractivity contribution in [3.63, 3.8) is 0 Å². The van der Waals surface area contributed by atoms with E-state index in [1.54, 1.807) is 4.31 Å². The average molecular weight is 371 g/mol. The molecule has 0 amide bonds. The molecule has 24 heavy (non-hydrogen) atoms. The molecule has 0 aromatic carbocycles. The lowest BCUT2D eigenvalue weighted by Crippen LogP contribution is -2.58. The summed E-state index contributed by atoms with van der Waals surface area (Å²) in [7, 11) is -4.59. The zero-order valence-corrected chi connectivity index (χ0v) is 17.3. The van der Waals surface area contributed by atoms with E-state index < -0.39 is 18.1 Å². The summed E-state index contributed by atoms with van der Waals surface area (Å²) in [6.07, 6.45) is 9.12. The molecule has 1 aliphatic carbocycles. The molecule has 0 radical (unpaired) electrons. The van der Waals surface area contributed by atoms with Gasteiger partial charge in [0.05, 0.1) is 5.75 Å². The first-order valence-electron chi connectivity index (χ1n) is 9.07. The summed E-state index contributed by atoms with van der Waals surface area (Å²) in [4.78, 5) is 0. The zero-order valence-electron chi connectivity index (χ0n) is 15.5. The fraction of sp³-hybridized carbons (Fsp3) is 0.778. The van der Waals surface area contributed by atoms with Crippen molar-refractivity contribution >= 4 is 18.1 Å². The molecule has 2 rings (SSSR count). The molecule has 0 spiro atoms. The van der Waals surface area contributed by atoms with Crippen LogP contribution < -0.4 is 5.73 Å². The van der Waals surface area contributed by atoms with Crippen LogP contribution in [0, 0.1) is 17.3 Å². The quantitative estimate of drug-likeness (QED) is 0.553. The summed E-state index contributed by atoms with van der Waals surface area (Å²) in [5.41, 5.74) is 6.03. The number of hydrogen-bond donors (Lipinski definition) is 1. The van der Waals surface area contributed by atoms with Gasteiger partial charge in [0.25, 0.3) is 0 Å². The van der Waals surface area contributed by atoms with Gasteiger partial charge in [-0.1, -0.05) is 37.9 Å². The predicted molar refractivity (Wildman–Crippen MR) is 105 cm³/mol. The molecule has 138 valence electrons. The number of allylic oxidation sites excluding steroid dienone is 3. The number of rotatable bonds is 7. The maximum atomic E-state index is 13.0. The molecular formula is C18H34N2O2SSi. The van der Waals surface area contributed by atoms with Gasteiger partial charge in [0.2, 0.25) is 10.0 Å². The van der Waals surface area contributed by atoms with E-state index in [1.165, 1.54) is 0 Å². The lowest BCUT2D eigenvalue weighted by molar-refractivity contribution is 0.0238. The van der Waals surface area contributed by atoms with Gasteiger partial charge >= 0.3 is 0 Å². The Hall–Kier alpha value is -0.433. The highest BCUT2D eigenvalue weighted by atomic mass is 32.2. The fourth-order valence-electron chi connectivity index (χ4n) is 4.20. The van der Waals surface area contributed by atoms with Gasteiger partial charge in [0.1, 0.15) is 0 Å². The van der Waals surface area contributed by atoms with Crippen LogP contribution in [0.15, 0.2) is 24.8 Å². The lowest BCUT2D eigenvalue weighted by atomic mass is 9.61. The lowest BCUT2D eigenvalue weighted by Gasteiger charge is -2.52. The molecule has 3 atom stereocenters. The van der Waals surface area contributed by atoms with Crippen molar-refractivity contribution in [2.45, 2.75) is 44.9 Å². The molecular weight excluding hydrogens is 336 g/mol. The van der Waals surface area contributed by atoms with Crippen LogP contribution in [0.2, 0.25) is 25.7 Å². The van der Waals surface area contributed by atoms with Crippen LogP contribution in [0.25, 0.3) is 0 Å². The van der Waals surface area contributed by atoms with Crippen LogP contribution in [-0.2, 0) is 10.0 Å². The maximum absolute atomic E-state index is 13.0. The number of fused-ring (bicyclic) bond motifs is 1. The van der Waals surface area contributed by atoms with E-state index in [0.29, 0.717) is 31.5 Å². The molecule has 1 fully saturated rings. The van der Waals surface area contributed by atoms with Crippen LogP contribution in [0.3, 0.4) is 0 Å². The Morgan fingerprint density at radius 2 is 2.00 bits per heavy atom. The second kappa shape index (κ2) is 7.44. The van der Waals surface area contributed by atoms with Crippen LogP contribution >= 0.6 is 0 Å². The topological polar surface area (TPSA) is 63.4 Å². The predicted octanol–water partition coefficient (Wildman–Crippen LogP) is 3.07. The monoisotopic (exact) mass is 370 g/mol. The molecule has 0 bridgehead atoms. The molecule has 1 heterocycles. The first-order chi connectivity index (χ1) is 11.1. The van der Waals surface area contributed by atoms with Gasteiger partial charge in [-0.25, -0.2) is 12.7 Å². The summed E-state index contributed by atoms with van der Waals surface area (Å²) in [5.74, 6) is 1.13. The molecule has 0 aromatic heterocycles. The number of sulfonamides is 1. The molecule has 0 aromatic rings. The summed E-state index contributed by atoms with van der Waals surface area (Å²) in [6, 6.07) is 0.816. The van der Waals surface area contributed by atoms with Crippen LogP contribution in [-0.4, -0.2) is 46.2 Å². The normalized spacial score (nSPS) is 31.7. The Morgan fingerprint density at radius 3 is 2.58 bits per heavy atom. The van der Waals surface area contributed by atoms with E-state index in [4.69, 9.17) is 5.73 Å². The SMILES string of the molecule is C=CC[C@]1(CN)CN(S(=O)(=O)CC[Si](C)(C)C)C[C@H]2CC=CC[C@H]21. The minimum atomic E-state index is -3.21. The molecule has 6 heteroatoms. The largest absolute Gasteiger partial charge is 0.330 e. The van der Waals surface area contributed by atoms with Gasteiger partial charge in [-0.3, -0.25) is 0 Å². The van der Waals surface area contributed by atoms with E-state index in [-0.39, 0.29) is 11.2 Å². The van der Waals surface area contributed by atoms with Crippen molar-refractivity contribution in [3.8, 4) is 0 Å². The molecule has 4 nitrogen and oxygen atoms in total. The molecule has 2 aliphatic rings. The van der Waals surface area contributed by atoms with Crippen molar-refractivity contribution < 1.29 is 8.42 Å². The summed E-state index contributed by atoms with van der Waals surface area (Å²) < 4.78 is 27.7. The number of nitrogens with zero attached hydrogens (tertiary/aromatic N) is 1. The van der Waals surface area contributed by atoms with Gasteiger partial charge in [0, 0.05) is 26.6 Å². The molecule has 0 saturated carbocycles. The Bertz CT molecular complexity index is 582. The third-order valence-electron chi connectivity index (χ3n) is 5.74. The van der Waals surface area contributed by atoms with E-state index in [9.17, 15) is 8.42 Å². The first kappa shape index (κ1) is 19.9. The second-order valence-corrected chi connectivity index (χ2v) is 16.5. The van der Waals surface area contributed by atoms with Crippen LogP contribution in [0.4, 0.5) is 0 Å². The third kappa shape index (κ3) is 4.39. The number of nitrogens with two attached hydrogens (primary N) is 1. The van der Waals surface area contributed by atoms with Crippen molar-refractivity contribution in [2.75, 3.05) is 25.4 Å². The minimum absolute atomic E-state index is 0.165. The van der Waals surface area contributed by atoms with Crippen LogP contribution in [0.5, 0.6) is 0 Å². The summed E-state index contributed by atoms with van der Waals surface area (Å²) in [5, 5.41) is 0. The van der Waals surface area contributed by atoms with E-state index in [1.807, 2.05) is 6.08 Å². The first-order valence-corrected chi connectivity index (χ1v) is 14.4. The van der Waals surface area contributed by atoms with Gasteiger partial charge in [-0.2, -0.15) is 0 Å². The minimum Gasteiger partial charge on any atom is -0.330 e. The van der Waals surface area contributed by atoms with Crippen LogP contribution in [0.1, 0.15) is 19.3 Å². The molecule has 1 aliphatic heterocycles. The highest BCUT2D eigenvalue weighted by molar-refractivity contribution is 7.89. The molecule has 0 unspecified atom stereocenters.